The van der Waals surface area contributed by atoms with Gasteiger partial charge in [0, 0.05) is 11.8 Å². The molecule has 1 aliphatic rings. The van der Waals surface area contributed by atoms with E-state index in [1.165, 1.54) is 4.90 Å². The first kappa shape index (κ1) is 22.3. The van der Waals surface area contributed by atoms with Crippen LogP contribution in [0.1, 0.15) is 41.8 Å². The molecule has 6 nitrogen and oxygen atoms in total. The number of benzene rings is 2. The first-order valence-electron chi connectivity index (χ1n) is 11.0. The predicted molar refractivity (Wildman–Crippen MR) is 125 cm³/mol. The number of rotatable bonds is 7. The van der Waals surface area contributed by atoms with Gasteiger partial charge in [-0.2, -0.15) is 0 Å². The minimum Gasteiger partial charge on any atom is -0.507 e. The topological polar surface area (TPSA) is 79.7 Å². The van der Waals surface area contributed by atoms with E-state index in [2.05, 4.69) is 4.98 Å². The van der Waals surface area contributed by atoms with Gasteiger partial charge in [-0.3, -0.25) is 14.6 Å². The number of hydrogen-bond donors (Lipinski definition) is 1. The first-order valence-corrected chi connectivity index (χ1v) is 11.0. The van der Waals surface area contributed by atoms with Gasteiger partial charge in [-0.05, 0) is 54.8 Å². The number of ketones is 1. The summed E-state index contributed by atoms with van der Waals surface area (Å²) in [5, 5.41) is 11.2. The number of nitrogens with zero attached hydrogens (tertiary/aromatic N) is 2. The normalized spacial score (nSPS) is 17.4. The zero-order valence-electron chi connectivity index (χ0n) is 18.7. The molecule has 0 aliphatic carbocycles. The van der Waals surface area contributed by atoms with Crippen LogP contribution in [0.3, 0.4) is 0 Å². The zero-order chi connectivity index (χ0) is 23.4. The summed E-state index contributed by atoms with van der Waals surface area (Å²) in [4.78, 5) is 32.0. The minimum atomic E-state index is -0.718. The summed E-state index contributed by atoms with van der Waals surface area (Å²) >= 11 is 0. The number of aromatic nitrogens is 1. The van der Waals surface area contributed by atoms with Crippen molar-refractivity contribution in [3.63, 3.8) is 0 Å². The lowest BCUT2D eigenvalue weighted by molar-refractivity contribution is -0.140. The van der Waals surface area contributed by atoms with Crippen LogP contribution in [0, 0.1) is 6.92 Å². The van der Waals surface area contributed by atoms with Crippen LogP contribution < -0.4 is 4.74 Å². The third-order valence-corrected chi connectivity index (χ3v) is 5.62. The smallest absolute Gasteiger partial charge is 0.296 e. The second-order valence-corrected chi connectivity index (χ2v) is 7.99. The predicted octanol–water partition coefficient (Wildman–Crippen LogP) is 4.80. The van der Waals surface area contributed by atoms with Crippen molar-refractivity contribution >= 4 is 17.4 Å². The van der Waals surface area contributed by atoms with Crippen LogP contribution in [0.25, 0.3) is 5.76 Å². The van der Waals surface area contributed by atoms with Crippen molar-refractivity contribution in [2.75, 3.05) is 6.61 Å². The molecule has 33 heavy (non-hydrogen) atoms. The summed E-state index contributed by atoms with van der Waals surface area (Å²) in [6.07, 6.45) is 2.53. The fraction of sp³-hybridized carbons (Fsp3) is 0.222. The molecule has 1 amide bonds. The molecular weight excluding hydrogens is 416 g/mol. The van der Waals surface area contributed by atoms with E-state index >= 15 is 0 Å². The van der Waals surface area contributed by atoms with Crippen LogP contribution in [0.4, 0.5) is 0 Å². The Bertz CT molecular complexity index is 1190. The van der Waals surface area contributed by atoms with Crippen molar-refractivity contribution < 1.29 is 19.4 Å². The van der Waals surface area contributed by atoms with Gasteiger partial charge in [0.2, 0.25) is 0 Å². The number of carbonyl (C=O) groups is 2. The number of ether oxygens (including phenoxy) is 1. The maximum absolute atomic E-state index is 13.1. The number of likely N-dealkylation sites (tertiary alicyclic amines) is 1. The second kappa shape index (κ2) is 9.69. The van der Waals surface area contributed by atoms with Gasteiger partial charge in [-0.15, -0.1) is 0 Å². The number of aliphatic hydroxyl groups is 1. The van der Waals surface area contributed by atoms with E-state index in [9.17, 15) is 14.7 Å². The molecule has 0 bridgehead atoms. The SMILES string of the molecule is CCCOc1ccc(/C(O)=C2/C(=O)C(=O)N(Cc3ccccn3)C2c2ccccc2)cc1C. The van der Waals surface area contributed by atoms with Crippen molar-refractivity contribution in [3.8, 4) is 5.75 Å². The van der Waals surface area contributed by atoms with E-state index in [4.69, 9.17) is 4.74 Å². The standard InChI is InChI=1S/C27H26N2O4/c1-3-15-33-22-13-12-20(16-18(22)2)25(30)23-24(19-9-5-4-6-10-19)29(27(32)26(23)31)17-21-11-7-8-14-28-21/h4-14,16,24,30H,3,15,17H2,1-2H3/b25-23-. The molecule has 6 heteroatoms. The highest BCUT2D eigenvalue weighted by Crippen LogP contribution is 2.40. The van der Waals surface area contributed by atoms with Crippen molar-refractivity contribution in [2.24, 2.45) is 0 Å². The lowest BCUT2D eigenvalue weighted by Crippen LogP contribution is -2.29. The van der Waals surface area contributed by atoms with Crippen molar-refractivity contribution in [2.45, 2.75) is 32.9 Å². The third kappa shape index (κ3) is 4.51. The molecule has 1 atom stereocenters. The Morgan fingerprint density at radius 3 is 2.48 bits per heavy atom. The Labute approximate surface area is 193 Å². The summed E-state index contributed by atoms with van der Waals surface area (Å²) in [6.45, 7) is 4.67. The highest BCUT2D eigenvalue weighted by molar-refractivity contribution is 6.46. The highest BCUT2D eigenvalue weighted by atomic mass is 16.5. The molecule has 0 spiro atoms. The number of hydrogen-bond acceptors (Lipinski definition) is 5. The Morgan fingerprint density at radius 1 is 1.06 bits per heavy atom. The van der Waals surface area contributed by atoms with E-state index in [-0.39, 0.29) is 17.9 Å². The maximum atomic E-state index is 13.1. The molecule has 2 heterocycles. The Morgan fingerprint density at radius 2 is 1.82 bits per heavy atom. The molecule has 4 rings (SSSR count). The molecule has 1 unspecified atom stereocenters. The zero-order valence-corrected chi connectivity index (χ0v) is 18.7. The van der Waals surface area contributed by atoms with Crippen LogP contribution in [-0.4, -0.2) is 33.3 Å². The minimum absolute atomic E-state index is 0.0729. The van der Waals surface area contributed by atoms with E-state index in [0.29, 0.717) is 17.9 Å². The van der Waals surface area contributed by atoms with Gasteiger partial charge in [0.1, 0.15) is 11.5 Å². The Balaban J connectivity index is 1.79. The largest absolute Gasteiger partial charge is 0.507 e. The number of pyridine rings is 1. The molecular formula is C27H26N2O4. The molecule has 1 aliphatic heterocycles. The molecule has 0 radical (unpaired) electrons. The van der Waals surface area contributed by atoms with Crippen molar-refractivity contribution in [3.05, 3.63) is 101 Å². The number of Topliss-reactive ketones (excluding diaryl/α,β-unsaturated/α-hetero) is 1. The lowest BCUT2D eigenvalue weighted by atomic mass is 9.95. The summed E-state index contributed by atoms with van der Waals surface area (Å²) in [6, 6.07) is 19.2. The number of amides is 1. The van der Waals surface area contributed by atoms with Crippen molar-refractivity contribution in [1.82, 2.24) is 9.88 Å². The summed E-state index contributed by atoms with van der Waals surface area (Å²) in [5.74, 6) is -0.837. The fourth-order valence-corrected chi connectivity index (χ4v) is 4.02. The van der Waals surface area contributed by atoms with Gasteiger partial charge in [-0.25, -0.2) is 0 Å². The van der Waals surface area contributed by atoms with Gasteiger partial charge in [-0.1, -0.05) is 43.3 Å². The summed E-state index contributed by atoms with van der Waals surface area (Å²) in [7, 11) is 0. The number of carbonyl (C=O) groups excluding carboxylic acids is 2. The van der Waals surface area contributed by atoms with Crippen LogP contribution in [0.15, 0.2) is 78.5 Å². The highest BCUT2D eigenvalue weighted by Gasteiger charge is 2.46. The third-order valence-electron chi connectivity index (χ3n) is 5.62. The Kier molecular flexibility index (Phi) is 6.54. The maximum Gasteiger partial charge on any atom is 0.296 e. The van der Waals surface area contributed by atoms with Gasteiger partial charge < -0.3 is 14.7 Å². The molecule has 0 saturated carbocycles. The molecule has 3 aromatic rings. The second-order valence-electron chi connectivity index (χ2n) is 7.99. The van der Waals surface area contributed by atoms with Crippen LogP contribution >= 0.6 is 0 Å². The molecule has 1 fully saturated rings. The van der Waals surface area contributed by atoms with Crippen LogP contribution in [0.5, 0.6) is 5.75 Å². The molecule has 168 valence electrons. The van der Waals surface area contributed by atoms with E-state index < -0.39 is 17.7 Å². The number of aliphatic hydroxyl groups excluding tert-OH is 1. The lowest BCUT2D eigenvalue weighted by Gasteiger charge is -2.25. The average Bonchev–Trinajstić information content (AvgIpc) is 3.09. The quantitative estimate of drug-likeness (QED) is 0.323. The van der Waals surface area contributed by atoms with E-state index in [1.54, 1.807) is 36.5 Å². The van der Waals surface area contributed by atoms with Crippen molar-refractivity contribution in [1.29, 1.82) is 0 Å². The van der Waals surface area contributed by atoms with Gasteiger partial charge in [0.15, 0.2) is 0 Å². The van der Waals surface area contributed by atoms with Crippen LogP contribution in [0.2, 0.25) is 0 Å². The fourth-order valence-electron chi connectivity index (χ4n) is 4.02. The molecule has 1 saturated heterocycles. The van der Waals surface area contributed by atoms with Gasteiger partial charge in [0.05, 0.1) is 30.5 Å². The summed E-state index contributed by atoms with van der Waals surface area (Å²) < 4.78 is 5.72. The molecule has 2 aromatic carbocycles. The van der Waals surface area contributed by atoms with E-state index in [1.807, 2.05) is 50.2 Å². The van der Waals surface area contributed by atoms with Gasteiger partial charge >= 0.3 is 0 Å². The van der Waals surface area contributed by atoms with Crippen LogP contribution in [-0.2, 0) is 16.1 Å². The molecule has 1 N–H and O–H groups in total. The summed E-state index contributed by atoms with van der Waals surface area (Å²) in [5.41, 5.74) is 2.78. The van der Waals surface area contributed by atoms with E-state index in [0.717, 1.165) is 23.3 Å². The first-order chi connectivity index (χ1) is 16.0. The Hall–Kier alpha value is -3.93. The molecule has 1 aromatic heterocycles. The number of aryl methyl sites for hydroxylation is 1. The average molecular weight is 443 g/mol. The monoisotopic (exact) mass is 442 g/mol. The van der Waals surface area contributed by atoms with Gasteiger partial charge in [0.25, 0.3) is 11.7 Å².